The van der Waals surface area contributed by atoms with E-state index in [9.17, 15) is 31.9 Å². The third kappa shape index (κ3) is 2.27. The molecule has 19 heavy (non-hydrogen) atoms. The average molecular weight is 284 g/mol. The van der Waals surface area contributed by atoms with Crippen molar-refractivity contribution in [2.24, 2.45) is 0 Å². The van der Waals surface area contributed by atoms with Gasteiger partial charge in [-0.1, -0.05) is 30.3 Å². The number of aliphatic hydroxyl groups is 1. The average Bonchev–Trinajstić information content (AvgIpc) is 2.36. The Labute approximate surface area is 104 Å². The van der Waals surface area contributed by atoms with Crippen LogP contribution in [0.2, 0.25) is 0 Å². The highest BCUT2D eigenvalue weighted by Gasteiger charge is 2.74. The van der Waals surface area contributed by atoms with Crippen molar-refractivity contribution in [3.05, 3.63) is 35.9 Å². The maximum atomic E-state index is 13.4. The van der Waals surface area contributed by atoms with Crippen LogP contribution in [0, 0.1) is 0 Å². The number of esters is 1. The predicted molar refractivity (Wildman–Crippen MR) is 53.4 cm³/mol. The highest BCUT2D eigenvalue weighted by atomic mass is 19.4. The zero-order valence-corrected chi connectivity index (χ0v) is 9.54. The van der Waals surface area contributed by atoms with Gasteiger partial charge in [0.25, 0.3) is 5.60 Å². The molecule has 3 nitrogen and oxygen atoms in total. The van der Waals surface area contributed by atoms with Crippen LogP contribution in [0.4, 0.5) is 22.0 Å². The summed E-state index contributed by atoms with van der Waals surface area (Å²) in [5.41, 5.74) is -5.05. The van der Waals surface area contributed by atoms with Gasteiger partial charge in [0.2, 0.25) is 0 Å². The van der Waals surface area contributed by atoms with Crippen molar-refractivity contribution < 1.29 is 36.6 Å². The fourth-order valence-electron chi connectivity index (χ4n) is 1.46. The van der Waals surface area contributed by atoms with Gasteiger partial charge in [0, 0.05) is 5.56 Å². The lowest BCUT2D eigenvalue weighted by Gasteiger charge is -2.34. The second kappa shape index (κ2) is 4.76. The van der Waals surface area contributed by atoms with E-state index in [2.05, 4.69) is 4.74 Å². The molecule has 0 radical (unpaired) electrons. The molecule has 1 aromatic carbocycles. The van der Waals surface area contributed by atoms with E-state index < -0.39 is 29.2 Å². The largest absolute Gasteiger partial charge is 0.466 e. The molecular formula is C11H9F5O3. The SMILES string of the molecule is COC(=O)[C@](O)(c1ccccc1)C(F)(F)C(F)(F)F. The second-order valence-corrected chi connectivity index (χ2v) is 3.64. The molecule has 1 atom stereocenters. The molecule has 8 heteroatoms. The molecule has 0 aliphatic rings. The van der Waals surface area contributed by atoms with Crippen LogP contribution in [0.25, 0.3) is 0 Å². The molecule has 0 aromatic heterocycles. The molecule has 1 aromatic rings. The lowest BCUT2D eigenvalue weighted by atomic mass is 9.86. The number of hydrogen-bond donors (Lipinski definition) is 1. The van der Waals surface area contributed by atoms with Crippen LogP contribution in [0.1, 0.15) is 5.56 Å². The van der Waals surface area contributed by atoms with E-state index in [0.717, 1.165) is 24.3 Å². The van der Waals surface area contributed by atoms with Gasteiger partial charge in [-0.05, 0) is 0 Å². The van der Waals surface area contributed by atoms with Gasteiger partial charge in [0.05, 0.1) is 7.11 Å². The molecule has 0 saturated heterocycles. The first-order valence-electron chi connectivity index (χ1n) is 4.90. The van der Waals surface area contributed by atoms with Crippen LogP contribution in [0.3, 0.4) is 0 Å². The normalized spacial score (nSPS) is 15.7. The molecule has 1 N–H and O–H groups in total. The summed E-state index contributed by atoms with van der Waals surface area (Å²) in [5, 5.41) is 9.67. The highest BCUT2D eigenvalue weighted by Crippen LogP contribution is 2.48. The molecule has 0 aliphatic carbocycles. The summed E-state index contributed by atoms with van der Waals surface area (Å²) in [6.07, 6.45) is -6.12. The number of benzene rings is 1. The number of alkyl halides is 5. The van der Waals surface area contributed by atoms with Crippen molar-refractivity contribution in [2.75, 3.05) is 7.11 Å². The van der Waals surface area contributed by atoms with Crippen LogP contribution in [-0.2, 0) is 15.1 Å². The smallest absolute Gasteiger partial charge is 0.457 e. The molecule has 0 bridgehead atoms. The zero-order chi connectivity index (χ0) is 14.9. The Morgan fingerprint density at radius 2 is 1.58 bits per heavy atom. The molecule has 0 heterocycles. The van der Waals surface area contributed by atoms with Crippen molar-refractivity contribution in [3.8, 4) is 0 Å². The van der Waals surface area contributed by atoms with Crippen molar-refractivity contribution in [1.82, 2.24) is 0 Å². The van der Waals surface area contributed by atoms with Crippen LogP contribution in [-0.4, -0.2) is 30.3 Å². The first-order chi connectivity index (χ1) is 8.59. The van der Waals surface area contributed by atoms with Crippen LogP contribution in [0.5, 0.6) is 0 Å². The van der Waals surface area contributed by atoms with E-state index >= 15 is 0 Å². The zero-order valence-electron chi connectivity index (χ0n) is 9.54. The summed E-state index contributed by atoms with van der Waals surface area (Å²) in [5.74, 6) is -7.80. The van der Waals surface area contributed by atoms with E-state index in [-0.39, 0.29) is 0 Å². The highest BCUT2D eigenvalue weighted by molar-refractivity contribution is 5.82. The molecule has 1 rings (SSSR count). The first kappa shape index (κ1) is 15.4. The van der Waals surface area contributed by atoms with Crippen LogP contribution < -0.4 is 0 Å². The molecule has 0 fully saturated rings. The molecule has 0 amide bonds. The Balaban J connectivity index is 3.51. The minimum absolute atomic E-state index is 0.600. The van der Waals surface area contributed by atoms with E-state index in [0.29, 0.717) is 7.11 Å². The van der Waals surface area contributed by atoms with Gasteiger partial charge in [-0.15, -0.1) is 0 Å². The lowest BCUT2D eigenvalue weighted by Crippen LogP contribution is -2.59. The summed E-state index contributed by atoms with van der Waals surface area (Å²) < 4.78 is 67.9. The van der Waals surface area contributed by atoms with E-state index in [1.165, 1.54) is 6.07 Å². The summed E-state index contributed by atoms with van der Waals surface area (Å²) >= 11 is 0. The standard InChI is InChI=1S/C11H9F5O3/c1-19-8(17)9(18,7-5-3-2-4-6-7)10(12,13)11(14,15)16/h2-6,18H,1H3/t9-/m1/s1. The fourth-order valence-corrected chi connectivity index (χ4v) is 1.46. The Hall–Kier alpha value is -1.70. The summed E-state index contributed by atoms with van der Waals surface area (Å²) in [6.45, 7) is 0. The summed E-state index contributed by atoms with van der Waals surface area (Å²) in [7, 11) is 0.600. The maximum Gasteiger partial charge on any atom is 0.457 e. The van der Waals surface area contributed by atoms with E-state index in [1.54, 1.807) is 0 Å². The van der Waals surface area contributed by atoms with Crippen LogP contribution in [0.15, 0.2) is 30.3 Å². The Morgan fingerprint density at radius 3 is 1.95 bits per heavy atom. The predicted octanol–water partition coefficient (Wildman–Crippen LogP) is 2.24. The van der Waals surface area contributed by atoms with E-state index in [4.69, 9.17) is 0 Å². The number of ether oxygens (including phenoxy) is 1. The number of rotatable bonds is 3. The monoisotopic (exact) mass is 284 g/mol. The topological polar surface area (TPSA) is 46.5 Å². The van der Waals surface area contributed by atoms with Crippen molar-refractivity contribution in [2.45, 2.75) is 17.7 Å². The molecular weight excluding hydrogens is 275 g/mol. The van der Waals surface area contributed by atoms with Crippen molar-refractivity contribution in [1.29, 1.82) is 0 Å². The molecule has 0 aliphatic heterocycles. The van der Waals surface area contributed by atoms with E-state index in [1.807, 2.05) is 0 Å². The molecule has 0 saturated carbocycles. The Kier molecular flexibility index (Phi) is 3.85. The number of hydrogen-bond acceptors (Lipinski definition) is 3. The van der Waals surface area contributed by atoms with Crippen molar-refractivity contribution in [3.63, 3.8) is 0 Å². The van der Waals surface area contributed by atoms with Gasteiger partial charge in [0.1, 0.15) is 0 Å². The quantitative estimate of drug-likeness (QED) is 0.684. The maximum absolute atomic E-state index is 13.4. The minimum Gasteiger partial charge on any atom is -0.466 e. The molecule has 106 valence electrons. The molecule has 0 unspecified atom stereocenters. The number of methoxy groups -OCH3 is 1. The summed E-state index contributed by atoms with van der Waals surface area (Å²) in [4.78, 5) is 11.3. The Bertz CT molecular complexity index is 457. The fraction of sp³-hybridized carbons (Fsp3) is 0.364. The van der Waals surface area contributed by atoms with Crippen LogP contribution >= 0.6 is 0 Å². The van der Waals surface area contributed by atoms with Gasteiger partial charge in [-0.25, -0.2) is 4.79 Å². The third-order valence-electron chi connectivity index (χ3n) is 2.48. The second-order valence-electron chi connectivity index (χ2n) is 3.64. The Morgan fingerprint density at radius 1 is 1.11 bits per heavy atom. The van der Waals surface area contributed by atoms with Gasteiger partial charge >= 0.3 is 18.1 Å². The van der Waals surface area contributed by atoms with Gasteiger partial charge in [-0.2, -0.15) is 22.0 Å². The van der Waals surface area contributed by atoms with Gasteiger partial charge in [0.15, 0.2) is 0 Å². The number of halogens is 5. The first-order valence-corrected chi connectivity index (χ1v) is 4.90. The summed E-state index contributed by atoms with van der Waals surface area (Å²) in [6, 6.07) is 5.09. The van der Waals surface area contributed by atoms with Crippen molar-refractivity contribution >= 4 is 5.97 Å². The third-order valence-corrected chi connectivity index (χ3v) is 2.48. The minimum atomic E-state index is -6.12. The number of carbonyl (C=O) groups is 1. The lowest BCUT2D eigenvalue weighted by molar-refractivity contribution is -0.341. The number of carbonyl (C=O) groups excluding carboxylic acids is 1. The van der Waals surface area contributed by atoms with Gasteiger partial charge < -0.3 is 9.84 Å². The molecule has 0 spiro atoms. The van der Waals surface area contributed by atoms with Gasteiger partial charge in [-0.3, -0.25) is 0 Å².